The molecule has 1 aromatic heterocycles. The maximum absolute atomic E-state index is 12.9. The molecule has 34 heavy (non-hydrogen) atoms. The van der Waals surface area contributed by atoms with Gasteiger partial charge in [-0.2, -0.15) is 0 Å². The molecule has 0 radical (unpaired) electrons. The number of hydrogen-bond donors (Lipinski definition) is 1. The Morgan fingerprint density at radius 2 is 1.94 bits per heavy atom. The summed E-state index contributed by atoms with van der Waals surface area (Å²) in [5.41, 5.74) is 2.69. The van der Waals surface area contributed by atoms with Crippen LogP contribution in [0.4, 0.5) is 4.79 Å². The van der Waals surface area contributed by atoms with E-state index in [9.17, 15) is 14.4 Å². The van der Waals surface area contributed by atoms with Crippen LogP contribution in [0.3, 0.4) is 0 Å². The van der Waals surface area contributed by atoms with Crippen molar-refractivity contribution in [3.8, 4) is 0 Å². The third-order valence-corrected chi connectivity index (χ3v) is 7.80. The van der Waals surface area contributed by atoms with Crippen LogP contribution in [0.2, 0.25) is 0 Å². The lowest BCUT2D eigenvalue weighted by Crippen LogP contribution is -2.48. The van der Waals surface area contributed by atoms with Crippen LogP contribution in [0, 0.1) is 0 Å². The fourth-order valence-corrected chi connectivity index (χ4v) is 5.93. The van der Waals surface area contributed by atoms with E-state index >= 15 is 0 Å². The molecule has 0 bridgehead atoms. The van der Waals surface area contributed by atoms with Crippen molar-refractivity contribution in [3.05, 3.63) is 57.5 Å². The van der Waals surface area contributed by atoms with E-state index in [1.165, 1.54) is 29.0 Å². The Morgan fingerprint density at radius 1 is 1.21 bits per heavy atom. The highest BCUT2D eigenvalue weighted by Gasteiger charge is 2.50. The van der Waals surface area contributed by atoms with Gasteiger partial charge in [-0.15, -0.1) is 0 Å². The standard InChI is InChI=1S/C25H30N4O4S/c1-25(2,3)19-13-20(30)27-23(26-19)34-14-21(31)28-10-8-16(9-11-28)29-22-17-7-5-4-6-15(17)12-18(22)33-24(29)32/h4-7,13,16,18,22H,8-12,14H2,1-3H3,(H,26,27,30). The molecule has 3 aliphatic rings. The molecule has 2 atom stereocenters. The number of ether oxygens (including phenoxy) is 1. The molecule has 9 heteroatoms. The van der Waals surface area contributed by atoms with E-state index < -0.39 is 0 Å². The summed E-state index contributed by atoms with van der Waals surface area (Å²) in [5.74, 6) is 0.228. The van der Waals surface area contributed by atoms with E-state index in [-0.39, 0.29) is 46.9 Å². The molecule has 0 saturated carbocycles. The number of aromatic nitrogens is 2. The number of benzene rings is 1. The molecule has 2 aliphatic heterocycles. The molecule has 2 saturated heterocycles. The topological polar surface area (TPSA) is 95.6 Å². The number of nitrogens with one attached hydrogen (secondary N) is 1. The average Bonchev–Trinajstić information content (AvgIpc) is 3.31. The van der Waals surface area contributed by atoms with E-state index in [2.05, 4.69) is 22.1 Å². The Bertz CT molecular complexity index is 1170. The number of nitrogens with zero attached hydrogens (tertiary/aromatic N) is 3. The lowest BCUT2D eigenvalue weighted by Gasteiger charge is -2.37. The highest BCUT2D eigenvalue weighted by molar-refractivity contribution is 7.99. The Labute approximate surface area is 203 Å². The second-order valence-electron chi connectivity index (χ2n) is 10.3. The van der Waals surface area contributed by atoms with Crippen LogP contribution >= 0.6 is 11.8 Å². The molecule has 8 nitrogen and oxygen atoms in total. The number of likely N-dealkylation sites (tertiary alicyclic amines) is 1. The maximum Gasteiger partial charge on any atom is 0.411 e. The van der Waals surface area contributed by atoms with E-state index in [0.29, 0.717) is 23.9 Å². The molecule has 2 unspecified atom stereocenters. The van der Waals surface area contributed by atoms with Gasteiger partial charge in [0.05, 0.1) is 17.5 Å². The first kappa shape index (κ1) is 23.0. The minimum absolute atomic E-state index is 0.0142. The Kier molecular flexibility index (Phi) is 5.91. The quantitative estimate of drug-likeness (QED) is 0.531. The highest BCUT2D eigenvalue weighted by atomic mass is 32.2. The average molecular weight is 483 g/mol. The van der Waals surface area contributed by atoms with Gasteiger partial charge in [0.1, 0.15) is 6.10 Å². The molecule has 2 fully saturated rings. The van der Waals surface area contributed by atoms with E-state index in [4.69, 9.17) is 4.74 Å². The summed E-state index contributed by atoms with van der Waals surface area (Å²) < 4.78 is 5.71. The summed E-state index contributed by atoms with van der Waals surface area (Å²) in [7, 11) is 0. The number of piperidine rings is 1. The van der Waals surface area contributed by atoms with Gasteiger partial charge in [0.15, 0.2) is 5.16 Å². The molecule has 1 aliphatic carbocycles. The summed E-state index contributed by atoms with van der Waals surface area (Å²) >= 11 is 1.26. The van der Waals surface area contributed by atoms with Gasteiger partial charge in [-0.25, -0.2) is 9.78 Å². The number of hydrogen-bond acceptors (Lipinski definition) is 6. The zero-order valence-electron chi connectivity index (χ0n) is 19.7. The minimum Gasteiger partial charge on any atom is -0.443 e. The van der Waals surface area contributed by atoms with Gasteiger partial charge in [0, 0.05) is 37.0 Å². The highest BCUT2D eigenvalue weighted by Crippen LogP contribution is 2.44. The van der Waals surface area contributed by atoms with Crippen molar-refractivity contribution in [2.24, 2.45) is 0 Å². The van der Waals surface area contributed by atoms with Gasteiger partial charge in [-0.1, -0.05) is 56.8 Å². The van der Waals surface area contributed by atoms with Crippen LogP contribution in [-0.2, 0) is 21.4 Å². The third kappa shape index (κ3) is 4.33. The van der Waals surface area contributed by atoms with Crippen LogP contribution < -0.4 is 5.56 Å². The molecular weight excluding hydrogens is 452 g/mol. The largest absolute Gasteiger partial charge is 0.443 e. The van der Waals surface area contributed by atoms with Gasteiger partial charge in [-0.3, -0.25) is 14.5 Å². The van der Waals surface area contributed by atoms with Gasteiger partial charge in [0.2, 0.25) is 5.91 Å². The fraction of sp³-hybridized carbons (Fsp3) is 0.520. The lowest BCUT2D eigenvalue weighted by molar-refractivity contribution is -0.129. The molecule has 1 aromatic carbocycles. The zero-order valence-corrected chi connectivity index (χ0v) is 20.6. The second-order valence-corrected chi connectivity index (χ2v) is 11.2. The van der Waals surface area contributed by atoms with Crippen molar-refractivity contribution in [2.45, 2.75) is 68.8 Å². The Hall–Kier alpha value is -2.81. The molecule has 180 valence electrons. The third-order valence-electron chi connectivity index (χ3n) is 6.94. The number of carbonyl (C=O) groups excluding carboxylic acids is 2. The molecule has 0 spiro atoms. The van der Waals surface area contributed by atoms with E-state index in [1.54, 1.807) is 0 Å². The Morgan fingerprint density at radius 3 is 2.68 bits per heavy atom. The van der Waals surface area contributed by atoms with E-state index in [1.807, 2.05) is 42.7 Å². The van der Waals surface area contributed by atoms with Gasteiger partial charge >= 0.3 is 6.09 Å². The van der Waals surface area contributed by atoms with Crippen LogP contribution in [0.25, 0.3) is 0 Å². The monoisotopic (exact) mass is 482 g/mol. The summed E-state index contributed by atoms with van der Waals surface area (Å²) in [6.45, 7) is 7.20. The lowest BCUT2D eigenvalue weighted by atomic mass is 9.92. The van der Waals surface area contributed by atoms with Crippen molar-refractivity contribution in [2.75, 3.05) is 18.8 Å². The normalized spacial score (nSPS) is 22.5. The number of fused-ring (bicyclic) bond motifs is 3. The smallest absolute Gasteiger partial charge is 0.411 e. The summed E-state index contributed by atoms with van der Waals surface area (Å²) in [4.78, 5) is 48.5. The first-order valence-corrected chi connectivity index (χ1v) is 12.8. The van der Waals surface area contributed by atoms with Gasteiger partial charge < -0.3 is 14.6 Å². The van der Waals surface area contributed by atoms with Crippen molar-refractivity contribution >= 4 is 23.8 Å². The zero-order chi connectivity index (χ0) is 24.0. The first-order chi connectivity index (χ1) is 16.2. The SMILES string of the molecule is CC(C)(C)c1cc(=O)[nH]c(SCC(=O)N2CCC(N3C(=O)OC4Cc5ccccc5C43)CC2)n1. The summed E-state index contributed by atoms with van der Waals surface area (Å²) in [6, 6.07) is 9.79. The summed E-state index contributed by atoms with van der Waals surface area (Å²) in [6.07, 6.45) is 1.87. The number of thioether (sulfide) groups is 1. The number of H-pyrrole nitrogens is 1. The number of amides is 2. The number of rotatable bonds is 4. The second kappa shape index (κ2) is 8.76. The first-order valence-electron chi connectivity index (χ1n) is 11.8. The molecule has 2 aromatic rings. The minimum atomic E-state index is -0.245. The molecule has 2 amide bonds. The van der Waals surface area contributed by atoms with Crippen LogP contribution in [0.1, 0.15) is 56.5 Å². The van der Waals surface area contributed by atoms with Crippen molar-refractivity contribution in [3.63, 3.8) is 0 Å². The van der Waals surface area contributed by atoms with Gasteiger partial charge in [-0.05, 0) is 24.0 Å². The summed E-state index contributed by atoms with van der Waals surface area (Å²) in [5, 5.41) is 0.464. The van der Waals surface area contributed by atoms with Gasteiger partial charge in [0.25, 0.3) is 5.56 Å². The molecule has 1 N–H and O–H groups in total. The molecular formula is C25H30N4O4S. The van der Waals surface area contributed by atoms with Crippen LogP contribution in [-0.4, -0.2) is 62.8 Å². The van der Waals surface area contributed by atoms with Crippen LogP contribution in [0.15, 0.2) is 40.3 Å². The van der Waals surface area contributed by atoms with Crippen LogP contribution in [0.5, 0.6) is 0 Å². The Balaban J connectivity index is 1.19. The fourth-order valence-electron chi connectivity index (χ4n) is 5.16. The van der Waals surface area contributed by atoms with Crippen molar-refractivity contribution in [1.82, 2.24) is 19.8 Å². The molecule has 3 heterocycles. The molecule has 5 rings (SSSR count). The van der Waals surface area contributed by atoms with Crippen molar-refractivity contribution in [1.29, 1.82) is 0 Å². The van der Waals surface area contributed by atoms with E-state index in [0.717, 1.165) is 19.3 Å². The van der Waals surface area contributed by atoms with Crippen molar-refractivity contribution < 1.29 is 14.3 Å². The number of aromatic amines is 1. The maximum atomic E-state index is 12.9. The predicted octanol–water partition coefficient (Wildman–Crippen LogP) is 3.27. The predicted molar refractivity (Wildman–Crippen MR) is 129 cm³/mol. The number of carbonyl (C=O) groups is 2.